The van der Waals surface area contributed by atoms with Crippen LogP contribution in [0.5, 0.6) is 0 Å². The van der Waals surface area contributed by atoms with Crippen LogP contribution in [0.4, 0.5) is 5.82 Å². The van der Waals surface area contributed by atoms with Crippen LogP contribution < -0.4 is 10.6 Å². The van der Waals surface area contributed by atoms with E-state index in [0.29, 0.717) is 5.92 Å². The second kappa shape index (κ2) is 5.69. The van der Waals surface area contributed by atoms with Gasteiger partial charge < -0.3 is 10.6 Å². The molecule has 2 unspecified atom stereocenters. The van der Waals surface area contributed by atoms with Gasteiger partial charge in [-0.2, -0.15) is 0 Å². The van der Waals surface area contributed by atoms with Crippen LogP contribution in [0.2, 0.25) is 0 Å². The molecule has 0 amide bonds. The van der Waals surface area contributed by atoms with E-state index in [2.05, 4.69) is 27.9 Å². The van der Waals surface area contributed by atoms with E-state index in [1.807, 2.05) is 6.26 Å². The smallest absolute Gasteiger partial charge is 0.133 e. The van der Waals surface area contributed by atoms with Crippen LogP contribution in [0.1, 0.15) is 19.8 Å². The minimum atomic E-state index is 0.264. The molecule has 5 heteroatoms. The molecule has 0 radical (unpaired) electrons. The molecule has 1 saturated heterocycles. The summed E-state index contributed by atoms with van der Waals surface area (Å²) in [7, 11) is 0. The summed E-state index contributed by atoms with van der Waals surface area (Å²) in [6.45, 7) is 4.19. The van der Waals surface area contributed by atoms with Crippen molar-refractivity contribution in [2.45, 2.75) is 30.8 Å². The summed E-state index contributed by atoms with van der Waals surface area (Å²) in [5.41, 5.74) is 6.00. The number of aromatic nitrogens is 2. The molecule has 1 aliphatic heterocycles. The van der Waals surface area contributed by atoms with Gasteiger partial charge in [0.05, 0.1) is 0 Å². The monoisotopic (exact) mass is 252 g/mol. The first-order valence-electron chi connectivity index (χ1n) is 6.07. The molecule has 2 rings (SSSR count). The molecular formula is C12H20N4S. The van der Waals surface area contributed by atoms with Gasteiger partial charge in [-0.1, -0.05) is 0 Å². The van der Waals surface area contributed by atoms with Gasteiger partial charge in [-0.25, -0.2) is 9.97 Å². The number of rotatable bonds is 3. The summed E-state index contributed by atoms with van der Waals surface area (Å²) in [6.07, 6.45) is 6.11. The maximum Gasteiger partial charge on any atom is 0.133 e. The van der Waals surface area contributed by atoms with Crippen molar-refractivity contribution in [3.8, 4) is 0 Å². The summed E-state index contributed by atoms with van der Waals surface area (Å²) < 4.78 is 0. The summed E-state index contributed by atoms with van der Waals surface area (Å²) in [5, 5.41) is 1.03. The summed E-state index contributed by atoms with van der Waals surface area (Å²) in [6, 6.07) is 2.33. The van der Waals surface area contributed by atoms with Crippen LogP contribution in [-0.2, 0) is 0 Å². The molecule has 0 aliphatic carbocycles. The lowest BCUT2D eigenvalue weighted by atomic mass is 9.92. The fourth-order valence-corrected chi connectivity index (χ4v) is 2.64. The highest BCUT2D eigenvalue weighted by Crippen LogP contribution is 2.24. The highest BCUT2D eigenvalue weighted by molar-refractivity contribution is 7.98. The molecule has 17 heavy (non-hydrogen) atoms. The molecule has 1 aromatic heterocycles. The molecule has 2 atom stereocenters. The predicted octanol–water partition coefficient (Wildman–Crippen LogP) is 1.76. The van der Waals surface area contributed by atoms with Gasteiger partial charge >= 0.3 is 0 Å². The number of thioether (sulfide) groups is 1. The van der Waals surface area contributed by atoms with Gasteiger partial charge in [-0.15, -0.1) is 11.8 Å². The molecule has 2 N–H and O–H groups in total. The molecule has 94 valence electrons. The highest BCUT2D eigenvalue weighted by atomic mass is 32.2. The Morgan fingerprint density at radius 3 is 3.06 bits per heavy atom. The number of nitrogens with two attached hydrogens (primary N) is 1. The van der Waals surface area contributed by atoms with Crippen molar-refractivity contribution in [3.05, 3.63) is 12.4 Å². The van der Waals surface area contributed by atoms with E-state index in [-0.39, 0.29) is 6.04 Å². The molecular weight excluding hydrogens is 232 g/mol. The summed E-state index contributed by atoms with van der Waals surface area (Å²) >= 11 is 1.65. The second-order valence-corrected chi connectivity index (χ2v) is 5.45. The third-order valence-corrected chi connectivity index (χ3v) is 4.00. The van der Waals surface area contributed by atoms with Gasteiger partial charge in [-0.3, -0.25) is 0 Å². The average Bonchev–Trinajstić information content (AvgIpc) is 2.39. The number of hydrogen-bond donors (Lipinski definition) is 1. The van der Waals surface area contributed by atoms with Gasteiger partial charge in [-0.05, 0) is 31.9 Å². The zero-order valence-corrected chi connectivity index (χ0v) is 11.3. The SMILES string of the molecule is CSc1cc(N2CCCC(C(C)N)C2)ncn1. The van der Waals surface area contributed by atoms with Crippen LogP contribution in [0.25, 0.3) is 0 Å². The Morgan fingerprint density at radius 1 is 1.53 bits per heavy atom. The maximum absolute atomic E-state index is 6.00. The van der Waals surface area contributed by atoms with Gasteiger partial charge in [0.25, 0.3) is 0 Å². The minimum absolute atomic E-state index is 0.264. The van der Waals surface area contributed by atoms with Crippen molar-refractivity contribution in [1.82, 2.24) is 9.97 Å². The maximum atomic E-state index is 6.00. The second-order valence-electron chi connectivity index (χ2n) is 4.63. The van der Waals surface area contributed by atoms with Crippen molar-refractivity contribution in [1.29, 1.82) is 0 Å². The van der Waals surface area contributed by atoms with Crippen molar-refractivity contribution in [2.24, 2.45) is 11.7 Å². The normalized spacial score (nSPS) is 22.5. The van der Waals surface area contributed by atoms with Crippen molar-refractivity contribution in [2.75, 3.05) is 24.2 Å². The minimum Gasteiger partial charge on any atom is -0.356 e. The van der Waals surface area contributed by atoms with Crippen LogP contribution in [0.15, 0.2) is 17.4 Å². The molecule has 4 nitrogen and oxygen atoms in total. The first-order valence-corrected chi connectivity index (χ1v) is 7.29. The van der Waals surface area contributed by atoms with Gasteiger partial charge in [0, 0.05) is 25.2 Å². The fourth-order valence-electron chi connectivity index (χ4n) is 2.26. The van der Waals surface area contributed by atoms with E-state index in [4.69, 9.17) is 5.73 Å². The summed E-state index contributed by atoms with van der Waals surface area (Å²) in [5.74, 6) is 1.62. The number of piperidine rings is 1. The lowest BCUT2D eigenvalue weighted by Crippen LogP contribution is -2.42. The largest absolute Gasteiger partial charge is 0.356 e. The Kier molecular flexibility index (Phi) is 4.23. The number of anilines is 1. The van der Waals surface area contributed by atoms with Crippen LogP contribution in [0, 0.1) is 5.92 Å². The van der Waals surface area contributed by atoms with Gasteiger partial charge in [0.2, 0.25) is 0 Å². The van der Waals surface area contributed by atoms with Crippen LogP contribution in [0.3, 0.4) is 0 Å². The lowest BCUT2D eigenvalue weighted by Gasteiger charge is -2.35. The van der Waals surface area contributed by atoms with Crippen molar-refractivity contribution < 1.29 is 0 Å². The Balaban J connectivity index is 2.10. The first-order chi connectivity index (χ1) is 8.20. The van der Waals surface area contributed by atoms with E-state index in [1.54, 1.807) is 18.1 Å². The molecule has 0 spiro atoms. The van der Waals surface area contributed by atoms with Crippen molar-refractivity contribution >= 4 is 17.6 Å². The third-order valence-electron chi connectivity index (χ3n) is 3.36. The Bertz CT molecular complexity index is 369. The Morgan fingerprint density at radius 2 is 2.35 bits per heavy atom. The average molecular weight is 252 g/mol. The van der Waals surface area contributed by atoms with Crippen molar-refractivity contribution in [3.63, 3.8) is 0 Å². The molecule has 2 heterocycles. The molecule has 1 fully saturated rings. The number of hydrogen-bond acceptors (Lipinski definition) is 5. The summed E-state index contributed by atoms with van der Waals surface area (Å²) in [4.78, 5) is 10.9. The van der Waals surface area contributed by atoms with E-state index in [9.17, 15) is 0 Å². The molecule has 1 aromatic rings. The fraction of sp³-hybridized carbons (Fsp3) is 0.667. The Labute approximate surface area is 107 Å². The molecule has 1 aliphatic rings. The van der Waals surface area contributed by atoms with E-state index in [0.717, 1.165) is 23.9 Å². The topological polar surface area (TPSA) is 55.0 Å². The van der Waals surface area contributed by atoms with Crippen LogP contribution >= 0.6 is 11.8 Å². The number of nitrogens with zero attached hydrogens (tertiary/aromatic N) is 3. The highest BCUT2D eigenvalue weighted by Gasteiger charge is 2.23. The molecule has 0 bridgehead atoms. The molecule has 0 saturated carbocycles. The predicted molar refractivity (Wildman–Crippen MR) is 72.4 cm³/mol. The van der Waals surface area contributed by atoms with Crippen LogP contribution in [-0.4, -0.2) is 35.4 Å². The quantitative estimate of drug-likeness (QED) is 0.656. The zero-order chi connectivity index (χ0) is 12.3. The van der Waals surface area contributed by atoms with Gasteiger partial charge in [0.1, 0.15) is 17.2 Å². The molecule has 0 aromatic carbocycles. The van der Waals surface area contributed by atoms with Gasteiger partial charge in [0.15, 0.2) is 0 Å². The Hall–Kier alpha value is -0.810. The third kappa shape index (κ3) is 3.10. The first kappa shape index (κ1) is 12.6. The standard InChI is InChI=1S/C12H20N4S/c1-9(13)10-4-3-5-16(7-10)11-6-12(17-2)15-8-14-11/h6,8-10H,3-5,7,13H2,1-2H3. The lowest BCUT2D eigenvalue weighted by molar-refractivity contribution is 0.363. The zero-order valence-electron chi connectivity index (χ0n) is 10.5. The van der Waals surface area contributed by atoms with E-state index >= 15 is 0 Å². The van der Waals surface area contributed by atoms with E-state index in [1.165, 1.54) is 12.8 Å². The van der Waals surface area contributed by atoms with E-state index < -0.39 is 0 Å².